The van der Waals surface area contributed by atoms with Crippen molar-refractivity contribution < 1.29 is 8.42 Å². The van der Waals surface area contributed by atoms with E-state index < -0.39 is 21.3 Å². The standard InChI is InChI=1S/C15H21N5O4S/c16-7-12(9-4-2-1-3-5-9)20-25(23,24)10-6-11-13(17-8-10)18-15(22)19-14(11)21/h6,8-9,12,20H,1-5,7,16H2,(H2,17,18,19,21,22). The van der Waals surface area contributed by atoms with E-state index in [2.05, 4.69) is 19.7 Å². The maximum Gasteiger partial charge on any atom is 0.327 e. The van der Waals surface area contributed by atoms with E-state index in [0.29, 0.717) is 0 Å². The van der Waals surface area contributed by atoms with Gasteiger partial charge >= 0.3 is 5.69 Å². The Morgan fingerprint density at radius 2 is 1.96 bits per heavy atom. The van der Waals surface area contributed by atoms with Gasteiger partial charge in [0.1, 0.15) is 10.5 Å². The van der Waals surface area contributed by atoms with Gasteiger partial charge in [0, 0.05) is 18.8 Å². The summed E-state index contributed by atoms with van der Waals surface area (Å²) in [6.45, 7) is 0.207. The predicted molar refractivity (Wildman–Crippen MR) is 92.7 cm³/mol. The number of rotatable bonds is 5. The topological polar surface area (TPSA) is 151 Å². The van der Waals surface area contributed by atoms with Gasteiger partial charge in [0.25, 0.3) is 5.56 Å². The molecule has 1 saturated carbocycles. The number of fused-ring (bicyclic) bond motifs is 1. The zero-order valence-electron chi connectivity index (χ0n) is 13.6. The molecular weight excluding hydrogens is 346 g/mol. The van der Waals surface area contributed by atoms with Crippen molar-refractivity contribution in [2.24, 2.45) is 11.7 Å². The highest BCUT2D eigenvalue weighted by atomic mass is 32.2. The monoisotopic (exact) mass is 367 g/mol. The first kappa shape index (κ1) is 17.8. The van der Waals surface area contributed by atoms with E-state index >= 15 is 0 Å². The van der Waals surface area contributed by atoms with Crippen LogP contribution in [0.3, 0.4) is 0 Å². The van der Waals surface area contributed by atoms with Gasteiger partial charge in [0.05, 0.1) is 5.39 Å². The Bertz CT molecular complexity index is 975. The van der Waals surface area contributed by atoms with Gasteiger partial charge in [-0.3, -0.25) is 14.8 Å². The second-order valence-corrected chi connectivity index (χ2v) is 8.05. The fraction of sp³-hybridized carbons (Fsp3) is 0.533. The molecule has 3 rings (SSSR count). The van der Waals surface area contributed by atoms with E-state index in [1.165, 1.54) is 6.07 Å². The van der Waals surface area contributed by atoms with Crippen LogP contribution in [0.25, 0.3) is 11.0 Å². The van der Waals surface area contributed by atoms with Crippen LogP contribution in [0.4, 0.5) is 0 Å². The highest BCUT2D eigenvalue weighted by molar-refractivity contribution is 7.89. The summed E-state index contributed by atoms with van der Waals surface area (Å²) in [4.78, 5) is 31.3. The van der Waals surface area contributed by atoms with Crippen molar-refractivity contribution in [2.75, 3.05) is 6.54 Å². The molecule has 2 aromatic heterocycles. The normalized spacial score (nSPS) is 17.6. The Morgan fingerprint density at radius 3 is 2.64 bits per heavy atom. The number of aromatic nitrogens is 3. The molecule has 0 radical (unpaired) electrons. The second kappa shape index (κ2) is 7.06. The zero-order valence-corrected chi connectivity index (χ0v) is 14.4. The van der Waals surface area contributed by atoms with Crippen LogP contribution in [-0.4, -0.2) is 36.0 Å². The molecule has 1 aliphatic carbocycles. The van der Waals surface area contributed by atoms with Gasteiger partial charge in [-0.2, -0.15) is 0 Å². The number of sulfonamides is 1. The lowest BCUT2D eigenvalue weighted by Gasteiger charge is -2.29. The predicted octanol–water partition coefficient (Wildman–Crippen LogP) is -0.203. The minimum absolute atomic E-state index is 0.00411. The third kappa shape index (κ3) is 3.80. The quantitative estimate of drug-likeness (QED) is 0.574. The van der Waals surface area contributed by atoms with Crippen molar-refractivity contribution in [3.63, 3.8) is 0 Å². The number of pyridine rings is 1. The molecule has 136 valence electrons. The molecule has 0 bridgehead atoms. The van der Waals surface area contributed by atoms with Crippen molar-refractivity contribution in [3.8, 4) is 0 Å². The molecule has 1 fully saturated rings. The molecule has 1 aliphatic rings. The Kier molecular flexibility index (Phi) is 5.02. The summed E-state index contributed by atoms with van der Waals surface area (Å²) in [5.41, 5.74) is 4.44. The summed E-state index contributed by atoms with van der Waals surface area (Å²) in [5.74, 6) is 0.210. The van der Waals surface area contributed by atoms with Crippen LogP contribution < -0.4 is 21.7 Å². The lowest BCUT2D eigenvalue weighted by molar-refractivity contribution is 0.294. The maximum absolute atomic E-state index is 12.7. The van der Waals surface area contributed by atoms with Crippen LogP contribution in [0.5, 0.6) is 0 Å². The Morgan fingerprint density at radius 1 is 1.24 bits per heavy atom. The molecule has 2 heterocycles. The minimum atomic E-state index is -3.88. The summed E-state index contributed by atoms with van der Waals surface area (Å²) in [6.07, 6.45) is 6.32. The van der Waals surface area contributed by atoms with Gasteiger partial charge in [0.2, 0.25) is 10.0 Å². The van der Waals surface area contributed by atoms with E-state index in [4.69, 9.17) is 5.73 Å². The van der Waals surface area contributed by atoms with Gasteiger partial charge in [-0.1, -0.05) is 19.3 Å². The SMILES string of the molecule is NCC(NS(=O)(=O)c1cnc2[nH]c(=O)[nH]c(=O)c2c1)C1CCCCC1. The molecule has 5 N–H and O–H groups in total. The summed E-state index contributed by atoms with van der Waals surface area (Å²) >= 11 is 0. The molecule has 2 aromatic rings. The first-order valence-corrected chi connectivity index (χ1v) is 9.74. The van der Waals surface area contributed by atoms with Crippen molar-refractivity contribution in [1.29, 1.82) is 0 Å². The van der Waals surface area contributed by atoms with E-state index in [1.54, 1.807) is 0 Å². The second-order valence-electron chi connectivity index (χ2n) is 6.34. The molecule has 1 atom stereocenters. The number of nitrogens with one attached hydrogen (secondary N) is 3. The zero-order chi connectivity index (χ0) is 18.0. The largest absolute Gasteiger partial charge is 0.329 e. The van der Waals surface area contributed by atoms with Crippen molar-refractivity contribution in [2.45, 2.75) is 43.0 Å². The molecule has 25 heavy (non-hydrogen) atoms. The van der Waals surface area contributed by atoms with E-state index in [-0.39, 0.29) is 34.4 Å². The van der Waals surface area contributed by atoms with Crippen LogP contribution in [0, 0.1) is 5.92 Å². The molecule has 0 saturated heterocycles. The number of hydrogen-bond acceptors (Lipinski definition) is 6. The third-order valence-electron chi connectivity index (χ3n) is 4.66. The Balaban J connectivity index is 1.92. The van der Waals surface area contributed by atoms with Gasteiger partial charge in [0.15, 0.2) is 0 Å². The first-order chi connectivity index (χ1) is 11.9. The van der Waals surface area contributed by atoms with Gasteiger partial charge in [-0.05, 0) is 24.8 Å². The first-order valence-electron chi connectivity index (χ1n) is 8.25. The number of nitrogens with zero attached hydrogens (tertiary/aromatic N) is 1. The van der Waals surface area contributed by atoms with Crippen molar-refractivity contribution >= 4 is 21.1 Å². The van der Waals surface area contributed by atoms with E-state index in [9.17, 15) is 18.0 Å². The van der Waals surface area contributed by atoms with Gasteiger partial charge in [-0.25, -0.2) is 22.9 Å². The number of hydrogen-bond donors (Lipinski definition) is 4. The Hall–Kier alpha value is -2.04. The number of nitrogens with two attached hydrogens (primary N) is 1. The summed E-state index contributed by atoms with van der Waals surface area (Å²) in [5, 5.41) is 0.00411. The number of aromatic amines is 2. The fourth-order valence-electron chi connectivity index (χ4n) is 3.32. The highest BCUT2D eigenvalue weighted by Gasteiger charge is 2.27. The summed E-state index contributed by atoms with van der Waals surface area (Å²) in [6, 6.07) is 0.850. The highest BCUT2D eigenvalue weighted by Crippen LogP contribution is 2.27. The van der Waals surface area contributed by atoms with Crippen molar-refractivity contribution in [3.05, 3.63) is 33.1 Å². The molecule has 0 aliphatic heterocycles. The average Bonchev–Trinajstić information content (AvgIpc) is 2.60. The molecule has 0 spiro atoms. The summed E-state index contributed by atoms with van der Waals surface area (Å²) in [7, 11) is -3.88. The van der Waals surface area contributed by atoms with Crippen LogP contribution in [-0.2, 0) is 10.0 Å². The molecule has 0 aromatic carbocycles. The van der Waals surface area contributed by atoms with E-state index in [1.807, 2.05) is 0 Å². The van der Waals surface area contributed by atoms with Crippen LogP contribution >= 0.6 is 0 Å². The fourth-order valence-corrected chi connectivity index (χ4v) is 4.60. The molecule has 0 amide bonds. The average molecular weight is 367 g/mol. The Labute approximate surface area is 144 Å². The third-order valence-corrected chi connectivity index (χ3v) is 6.11. The van der Waals surface area contributed by atoms with E-state index in [0.717, 1.165) is 38.3 Å². The van der Waals surface area contributed by atoms with Crippen LogP contribution in [0.2, 0.25) is 0 Å². The lowest BCUT2D eigenvalue weighted by Crippen LogP contribution is -2.45. The molecular formula is C15H21N5O4S. The van der Waals surface area contributed by atoms with Crippen LogP contribution in [0.1, 0.15) is 32.1 Å². The van der Waals surface area contributed by atoms with Gasteiger partial charge in [-0.15, -0.1) is 0 Å². The summed E-state index contributed by atoms with van der Waals surface area (Å²) < 4.78 is 28.0. The molecule has 9 nitrogen and oxygen atoms in total. The smallest absolute Gasteiger partial charge is 0.327 e. The van der Waals surface area contributed by atoms with Gasteiger partial charge < -0.3 is 5.73 Å². The lowest BCUT2D eigenvalue weighted by atomic mass is 9.84. The number of H-pyrrole nitrogens is 2. The molecule has 10 heteroatoms. The molecule has 1 unspecified atom stereocenters. The minimum Gasteiger partial charge on any atom is -0.329 e. The van der Waals surface area contributed by atoms with Crippen molar-refractivity contribution in [1.82, 2.24) is 19.7 Å². The van der Waals surface area contributed by atoms with Crippen LogP contribution in [0.15, 0.2) is 26.7 Å². The maximum atomic E-state index is 12.7.